The molecule has 0 aromatic heterocycles. The summed E-state index contributed by atoms with van der Waals surface area (Å²) in [5, 5.41) is 5.95. The van der Waals surface area contributed by atoms with Gasteiger partial charge in [0.15, 0.2) is 5.11 Å². The molecule has 0 bridgehead atoms. The van der Waals surface area contributed by atoms with E-state index in [9.17, 15) is 4.79 Å². The Labute approximate surface area is 149 Å². The van der Waals surface area contributed by atoms with Crippen LogP contribution < -0.4 is 15.4 Å². The quantitative estimate of drug-likeness (QED) is 0.768. The molecule has 0 aliphatic rings. The number of nitrogens with one attached hydrogen (secondary N) is 2. The Kier molecular flexibility index (Phi) is 5.74. The number of carbonyl (C=O) groups is 1. The van der Waals surface area contributed by atoms with Crippen LogP contribution in [-0.4, -0.2) is 18.1 Å². The normalized spacial score (nSPS) is 10.1. The summed E-state index contributed by atoms with van der Waals surface area (Å²) in [6.07, 6.45) is 0. The minimum Gasteiger partial charge on any atom is -0.496 e. The van der Waals surface area contributed by atoms with Crippen LogP contribution >= 0.6 is 28.1 Å². The lowest BCUT2D eigenvalue weighted by molar-refractivity contribution is 0.0977. The van der Waals surface area contributed by atoms with Gasteiger partial charge in [0.1, 0.15) is 5.75 Å². The van der Waals surface area contributed by atoms with Gasteiger partial charge in [-0.3, -0.25) is 10.1 Å². The van der Waals surface area contributed by atoms with Gasteiger partial charge >= 0.3 is 0 Å². The van der Waals surface area contributed by atoms with Gasteiger partial charge in [-0.25, -0.2) is 0 Å². The lowest BCUT2D eigenvalue weighted by Gasteiger charge is -2.11. The van der Waals surface area contributed by atoms with Crippen molar-refractivity contribution in [2.75, 3.05) is 12.4 Å². The Bertz CT molecular complexity index is 742. The second-order valence-corrected chi connectivity index (χ2v) is 6.40. The van der Waals surface area contributed by atoms with Crippen molar-refractivity contribution < 1.29 is 9.53 Å². The standard InChI is InChI=1S/C17H17BrN2O2S/c1-10-6-11(2)8-13(7-10)19-17(23)20-16(21)12-4-5-15(22-3)14(18)9-12/h4-9H,1-3H3,(H2,19,20,21,23). The molecule has 4 nitrogen and oxygen atoms in total. The van der Waals surface area contributed by atoms with Crippen molar-refractivity contribution in [3.63, 3.8) is 0 Å². The molecule has 0 atom stereocenters. The van der Waals surface area contributed by atoms with E-state index in [0.717, 1.165) is 16.8 Å². The molecular weight excluding hydrogens is 376 g/mol. The highest BCUT2D eigenvalue weighted by Crippen LogP contribution is 2.25. The van der Waals surface area contributed by atoms with E-state index in [1.807, 2.05) is 26.0 Å². The Morgan fingerprint density at radius 2 is 1.78 bits per heavy atom. The highest BCUT2D eigenvalue weighted by molar-refractivity contribution is 9.10. The lowest BCUT2D eigenvalue weighted by atomic mass is 10.1. The summed E-state index contributed by atoms with van der Waals surface area (Å²) < 4.78 is 5.85. The van der Waals surface area contributed by atoms with Crippen LogP contribution in [0.4, 0.5) is 5.69 Å². The van der Waals surface area contributed by atoms with Gasteiger partial charge in [0.2, 0.25) is 0 Å². The maximum atomic E-state index is 12.2. The van der Waals surface area contributed by atoms with E-state index in [0.29, 0.717) is 15.8 Å². The Morgan fingerprint density at radius 3 is 2.35 bits per heavy atom. The van der Waals surface area contributed by atoms with Crippen molar-refractivity contribution in [3.8, 4) is 5.75 Å². The molecule has 2 aromatic rings. The van der Waals surface area contributed by atoms with Crippen molar-refractivity contribution >= 4 is 44.9 Å². The average Bonchev–Trinajstić information content (AvgIpc) is 2.45. The Balaban J connectivity index is 2.04. The number of anilines is 1. The summed E-state index contributed by atoms with van der Waals surface area (Å²) in [6, 6.07) is 11.1. The number of benzene rings is 2. The van der Waals surface area contributed by atoms with Gasteiger partial charge in [0, 0.05) is 11.3 Å². The van der Waals surface area contributed by atoms with E-state index in [-0.39, 0.29) is 11.0 Å². The van der Waals surface area contributed by atoms with Crippen LogP contribution in [0.3, 0.4) is 0 Å². The molecule has 0 heterocycles. The molecule has 120 valence electrons. The number of halogens is 1. The number of methoxy groups -OCH3 is 1. The van der Waals surface area contributed by atoms with E-state index in [4.69, 9.17) is 17.0 Å². The van der Waals surface area contributed by atoms with Crippen LogP contribution in [0, 0.1) is 13.8 Å². The smallest absolute Gasteiger partial charge is 0.257 e. The topological polar surface area (TPSA) is 50.4 Å². The van der Waals surface area contributed by atoms with Gasteiger partial charge in [-0.15, -0.1) is 0 Å². The molecule has 2 aromatic carbocycles. The number of ether oxygens (including phenoxy) is 1. The van der Waals surface area contributed by atoms with Gasteiger partial charge in [0.05, 0.1) is 11.6 Å². The molecule has 0 radical (unpaired) electrons. The van der Waals surface area contributed by atoms with Crippen molar-refractivity contribution in [2.45, 2.75) is 13.8 Å². The van der Waals surface area contributed by atoms with Crippen LogP contribution in [0.5, 0.6) is 5.75 Å². The molecular formula is C17H17BrN2O2S. The zero-order valence-electron chi connectivity index (χ0n) is 13.1. The average molecular weight is 393 g/mol. The monoisotopic (exact) mass is 392 g/mol. The van der Waals surface area contributed by atoms with Gasteiger partial charge in [-0.1, -0.05) is 6.07 Å². The van der Waals surface area contributed by atoms with Gasteiger partial charge < -0.3 is 10.1 Å². The van der Waals surface area contributed by atoms with Gasteiger partial charge in [0.25, 0.3) is 5.91 Å². The van der Waals surface area contributed by atoms with E-state index in [2.05, 4.69) is 32.6 Å². The fourth-order valence-corrected chi connectivity index (χ4v) is 2.94. The van der Waals surface area contributed by atoms with Crippen LogP contribution in [0.1, 0.15) is 21.5 Å². The van der Waals surface area contributed by atoms with Crippen molar-refractivity contribution in [2.24, 2.45) is 0 Å². The first-order valence-electron chi connectivity index (χ1n) is 6.93. The molecule has 0 unspecified atom stereocenters. The van der Waals surface area contributed by atoms with E-state index < -0.39 is 0 Å². The third kappa shape index (κ3) is 4.77. The number of amides is 1. The third-order valence-electron chi connectivity index (χ3n) is 3.12. The highest BCUT2D eigenvalue weighted by atomic mass is 79.9. The predicted molar refractivity (Wildman–Crippen MR) is 100 cm³/mol. The summed E-state index contributed by atoms with van der Waals surface area (Å²) in [5.41, 5.74) is 3.59. The van der Waals surface area contributed by atoms with Crippen LogP contribution in [0.15, 0.2) is 40.9 Å². The number of rotatable bonds is 3. The Hall–Kier alpha value is -1.92. The summed E-state index contributed by atoms with van der Waals surface area (Å²) >= 11 is 8.56. The SMILES string of the molecule is COc1ccc(C(=O)NC(=S)Nc2cc(C)cc(C)c2)cc1Br. The molecule has 0 aliphatic carbocycles. The number of thiocarbonyl (C=S) groups is 1. The maximum Gasteiger partial charge on any atom is 0.257 e. The molecule has 0 saturated carbocycles. The first kappa shape index (κ1) is 17.4. The molecule has 2 rings (SSSR count). The molecule has 6 heteroatoms. The van der Waals surface area contributed by atoms with Crippen LogP contribution in [0.2, 0.25) is 0 Å². The summed E-state index contributed by atoms with van der Waals surface area (Å²) in [5.74, 6) is 0.382. The van der Waals surface area contributed by atoms with Crippen molar-refractivity contribution in [3.05, 3.63) is 57.6 Å². The number of aryl methyl sites for hydroxylation is 2. The second kappa shape index (κ2) is 7.57. The minimum atomic E-state index is -0.282. The van der Waals surface area contributed by atoms with Crippen molar-refractivity contribution in [1.29, 1.82) is 0 Å². The molecule has 1 amide bonds. The van der Waals surface area contributed by atoms with Crippen molar-refractivity contribution in [1.82, 2.24) is 5.32 Å². The lowest BCUT2D eigenvalue weighted by Crippen LogP contribution is -2.34. The number of carbonyl (C=O) groups excluding carboxylic acids is 1. The second-order valence-electron chi connectivity index (χ2n) is 5.13. The molecule has 23 heavy (non-hydrogen) atoms. The molecule has 0 saturated heterocycles. The van der Waals surface area contributed by atoms with E-state index in [1.165, 1.54) is 0 Å². The van der Waals surface area contributed by atoms with Crippen LogP contribution in [-0.2, 0) is 0 Å². The van der Waals surface area contributed by atoms with E-state index >= 15 is 0 Å². The summed E-state index contributed by atoms with van der Waals surface area (Å²) in [6.45, 7) is 4.02. The van der Waals surface area contributed by atoms with Crippen LogP contribution in [0.25, 0.3) is 0 Å². The Morgan fingerprint density at radius 1 is 1.13 bits per heavy atom. The summed E-state index contributed by atoms with van der Waals surface area (Å²) in [4.78, 5) is 12.2. The molecule has 0 aliphatic heterocycles. The number of hydrogen-bond donors (Lipinski definition) is 2. The minimum absolute atomic E-state index is 0.256. The molecule has 2 N–H and O–H groups in total. The fraction of sp³-hybridized carbons (Fsp3) is 0.176. The highest BCUT2D eigenvalue weighted by Gasteiger charge is 2.10. The fourth-order valence-electron chi connectivity index (χ4n) is 2.19. The predicted octanol–water partition coefficient (Wildman–Crippen LogP) is 4.20. The van der Waals surface area contributed by atoms with Gasteiger partial charge in [-0.2, -0.15) is 0 Å². The third-order valence-corrected chi connectivity index (χ3v) is 3.94. The van der Waals surface area contributed by atoms with Gasteiger partial charge in [-0.05, 0) is 83.5 Å². The first-order chi connectivity index (χ1) is 10.9. The molecule has 0 fully saturated rings. The number of hydrogen-bond acceptors (Lipinski definition) is 3. The van der Waals surface area contributed by atoms with E-state index in [1.54, 1.807) is 25.3 Å². The summed E-state index contributed by atoms with van der Waals surface area (Å²) in [7, 11) is 1.57. The zero-order valence-corrected chi connectivity index (χ0v) is 15.5. The largest absolute Gasteiger partial charge is 0.496 e. The first-order valence-corrected chi connectivity index (χ1v) is 8.13. The zero-order chi connectivity index (χ0) is 17.0. The molecule has 0 spiro atoms. The maximum absolute atomic E-state index is 12.2.